The Kier molecular flexibility index (Phi) is 22.9. The number of aliphatic carboxylic acids is 2. The molecule has 1 rings (SSSR count). The van der Waals surface area contributed by atoms with Gasteiger partial charge in [-0.1, -0.05) is 134 Å². The van der Waals surface area contributed by atoms with Gasteiger partial charge in [0.05, 0.1) is 0 Å². The second-order valence-electron chi connectivity index (χ2n) is 12.5. The summed E-state index contributed by atoms with van der Waals surface area (Å²) < 4.78 is 0. The van der Waals surface area contributed by atoms with Crippen LogP contribution in [0.3, 0.4) is 0 Å². The molecular formula is C36H64O4. The number of hydrogen-bond acceptors (Lipinski definition) is 2. The molecule has 0 fully saturated rings. The van der Waals surface area contributed by atoms with E-state index in [9.17, 15) is 9.59 Å². The molecule has 0 radical (unpaired) electrons. The van der Waals surface area contributed by atoms with Crippen LogP contribution in [0.5, 0.6) is 0 Å². The van der Waals surface area contributed by atoms with E-state index in [1.165, 1.54) is 96.3 Å². The first-order chi connectivity index (χ1) is 19.5. The lowest BCUT2D eigenvalue weighted by Gasteiger charge is -2.39. The Morgan fingerprint density at radius 3 is 1.60 bits per heavy atom. The van der Waals surface area contributed by atoms with Crippen molar-refractivity contribution >= 4 is 11.9 Å². The molecule has 4 nitrogen and oxygen atoms in total. The van der Waals surface area contributed by atoms with E-state index in [-0.39, 0.29) is 0 Å². The standard InChI is InChI=1S/C36H64O4/c1-3-5-7-17-23-31-29-30-32(24-18-13-12-16-22-28-36(39)40)34(33(31)25-19-8-6-4-2)26-20-14-10-9-11-15-21-27-35(37)38/h20,26,29-34H,3-19,21-25,27-28H2,1-2H3,(H,37,38)(H,39,40)/b26-20-/t31-,32+,33-,34+/m1/s1. The first-order valence-electron chi connectivity index (χ1n) is 17.3. The molecule has 232 valence electrons. The van der Waals surface area contributed by atoms with Crippen LogP contribution in [0.15, 0.2) is 24.3 Å². The van der Waals surface area contributed by atoms with Crippen LogP contribution in [0.4, 0.5) is 0 Å². The largest absolute Gasteiger partial charge is 0.481 e. The average Bonchev–Trinajstić information content (AvgIpc) is 2.93. The SMILES string of the molecule is CCCCCC[C@H]1[C@@H](/C=C\CCCCCCCC(=O)O)[C@@H](CCCCCCCC(=O)O)C=C[C@H]1CCCCCC. The first-order valence-corrected chi connectivity index (χ1v) is 17.3. The molecule has 0 aromatic heterocycles. The van der Waals surface area contributed by atoms with Gasteiger partial charge in [-0.3, -0.25) is 9.59 Å². The number of carbonyl (C=O) groups is 2. The minimum absolute atomic E-state index is 0.304. The zero-order valence-corrected chi connectivity index (χ0v) is 26.3. The zero-order valence-electron chi connectivity index (χ0n) is 26.3. The summed E-state index contributed by atoms with van der Waals surface area (Å²) in [4.78, 5) is 21.5. The van der Waals surface area contributed by atoms with Crippen molar-refractivity contribution in [2.75, 3.05) is 0 Å². The van der Waals surface area contributed by atoms with Crippen LogP contribution in [0.1, 0.15) is 168 Å². The van der Waals surface area contributed by atoms with Crippen molar-refractivity contribution in [1.82, 2.24) is 0 Å². The van der Waals surface area contributed by atoms with E-state index >= 15 is 0 Å². The summed E-state index contributed by atoms with van der Waals surface area (Å²) >= 11 is 0. The predicted octanol–water partition coefficient (Wildman–Crippen LogP) is 11.1. The Balaban J connectivity index is 2.74. The van der Waals surface area contributed by atoms with Gasteiger partial charge in [-0.05, 0) is 68.6 Å². The van der Waals surface area contributed by atoms with Gasteiger partial charge in [0.2, 0.25) is 0 Å². The molecule has 0 aromatic carbocycles. The summed E-state index contributed by atoms with van der Waals surface area (Å²) in [7, 11) is 0. The van der Waals surface area contributed by atoms with E-state index in [2.05, 4.69) is 38.2 Å². The fraction of sp³-hybridized carbons (Fsp3) is 0.833. The molecule has 40 heavy (non-hydrogen) atoms. The molecule has 0 aliphatic heterocycles. The number of carboxylic acid groups (broad SMARTS) is 2. The fourth-order valence-electron chi connectivity index (χ4n) is 6.57. The third kappa shape index (κ3) is 18.7. The Morgan fingerprint density at radius 1 is 0.575 bits per heavy atom. The molecule has 0 spiro atoms. The van der Waals surface area contributed by atoms with E-state index in [0.29, 0.717) is 24.7 Å². The lowest BCUT2D eigenvalue weighted by Crippen LogP contribution is -2.30. The van der Waals surface area contributed by atoms with Crippen LogP contribution in [-0.2, 0) is 9.59 Å². The molecule has 0 unspecified atom stereocenters. The molecule has 2 N–H and O–H groups in total. The molecule has 0 heterocycles. The molecule has 1 aliphatic carbocycles. The molecule has 0 saturated heterocycles. The van der Waals surface area contributed by atoms with Crippen molar-refractivity contribution < 1.29 is 19.8 Å². The highest BCUT2D eigenvalue weighted by molar-refractivity contribution is 5.66. The lowest BCUT2D eigenvalue weighted by molar-refractivity contribution is -0.138. The number of allylic oxidation sites excluding steroid dienone is 4. The Morgan fingerprint density at radius 2 is 1.02 bits per heavy atom. The molecule has 1 aliphatic rings. The van der Waals surface area contributed by atoms with Crippen LogP contribution < -0.4 is 0 Å². The van der Waals surface area contributed by atoms with Gasteiger partial charge in [-0.25, -0.2) is 0 Å². The van der Waals surface area contributed by atoms with Gasteiger partial charge in [0.1, 0.15) is 0 Å². The van der Waals surface area contributed by atoms with Crippen molar-refractivity contribution in [3.8, 4) is 0 Å². The van der Waals surface area contributed by atoms with Crippen LogP contribution in [0, 0.1) is 23.7 Å². The van der Waals surface area contributed by atoms with Gasteiger partial charge in [0.15, 0.2) is 0 Å². The molecule has 0 bridgehead atoms. The minimum Gasteiger partial charge on any atom is -0.481 e. The van der Waals surface area contributed by atoms with Crippen LogP contribution in [0.25, 0.3) is 0 Å². The normalized spacial score (nSPS) is 20.9. The summed E-state index contributed by atoms with van der Waals surface area (Å²) in [6.07, 6.45) is 37.5. The average molecular weight is 561 g/mol. The highest BCUT2D eigenvalue weighted by Crippen LogP contribution is 2.43. The van der Waals surface area contributed by atoms with E-state index in [1.54, 1.807) is 0 Å². The number of unbranched alkanes of at least 4 members (excludes halogenated alkanes) is 15. The van der Waals surface area contributed by atoms with Crippen molar-refractivity contribution in [3.63, 3.8) is 0 Å². The number of hydrogen-bond donors (Lipinski definition) is 2. The van der Waals surface area contributed by atoms with Gasteiger partial charge in [0.25, 0.3) is 0 Å². The van der Waals surface area contributed by atoms with Crippen LogP contribution >= 0.6 is 0 Å². The third-order valence-electron chi connectivity index (χ3n) is 8.97. The zero-order chi connectivity index (χ0) is 29.3. The summed E-state index contributed by atoms with van der Waals surface area (Å²) in [6, 6.07) is 0. The van der Waals surface area contributed by atoms with Gasteiger partial charge >= 0.3 is 11.9 Å². The molecular weight excluding hydrogens is 496 g/mol. The van der Waals surface area contributed by atoms with Gasteiger partial charge in [-0.15, -0.1) is 0 Å². The maximum Gasteiger partial charge on any atom is 0.303 e. The Labute approximate surface area is 247 Å². The van der Waals surface area contributed by atoms with E-state index in [4.69, 9.17) is 10.2 Å². The Bertz CT molecular complexity index is 682. The quantitative estimate of drug-likeness (QED) is 0.0774. The molecule has 4 heteroatoms. The number of rotatable bonds is 27. The first kappa shape index (κ1) is 36.4. The lowest BCUT2D eigenvalue weighted by atomic mass is 9.66. The van der Waals surface area contributed by atoms with Gasteiger partial charge in [0, 0.05) is 12.8 Å². The molecule has 0 aromatic rings. The third-order valence-corrected chi connectivity index (χ3v) is 8.97. The summed E-state index contributed by atoms with van der Waals surface area (Å²) in [5.74, 6) is 1.41. The topological polar surface area (TPSA) is 74.6 Å². The minimum atomic E-state index is -0.676. The van der Waals surface area contributed by atoms with Crippen molar-refractivity contribution in [2.24, 2.45) is 23.7 Å². The van der Waals surface area contributed by atoms with Crippen molar-refractivity contribution in [2.45, 2.75) is 168 Å². The van der Waals surface area contributed by atoms with Crippen molar-refractivity contribution in [1.29, 1.82) is 0 Å². The number of carboxylic acids is 2. The molecule has 0 amide bonds. The second kappa shape index (κ2) is 25.2. The smallest absolute Gasteiger partial charge is 0.303 e. The summed E-state index contributed by atoms with van der Waals surface area (Å²) in [6.45, 7) is 4.60. The highest BCUT2D eigenvalue weighted by atomic mass is 16.4. The molecule has 0 saturated carbocycles. The van der Waals surface area contributed by atoms with E-state index in [1.807, 2.05) is 0 Å². The van der Waals surface area contributed by atoms with Gasteiger partial charge < -0.3 is 10.2 Å². The maximum atomic E-state index is 10.8. The maximum absolute atomic E-state index is 10.8. The van der Waals surface area contributed by atoms with E-state index in [0.717, 1.165) is 56.8 Å². The monoisotopic (exact) mass is 560 g/mol. The van der Waals surface area contributed by atoms with Crippen LogP contribution in [-0.4, -0.2) is 22.2 Å². The van der Waals surface area contributed by atoms with Gasteiger partial charge in [-0.2, -0.15) is 0 Å². The summed E-state index contributed by atoms with van der Waals surface area (Å²) in [5, 5.41) is 17.7. The Hall–Kier alpha value is -1.58. The van der Waals surface area contributed by atoms with Crippen LogP contribution in [0.2, 0.25) is 0 Å². The summed E-state index contributed by atoms with van der Waals surface area (Å²) in [5.41, 5.74) is 0. The van der Waals surface area contributed by atoms with Crippen molar-refractivity contribution in [3.05, 3.63) is 24.3 Å². The van der Waals surface area contributed by atoms with E-state index < -0.39 is 11.9 Å². The predicted molar refractivity (Wildman–Crippen MR) is 170 cm³/mol. The highest BCUT2D eigenvalue weighted by Gasteiger charge is 2.33. The fourth-order valence-corrected chi connectivity index (χ4v) is 6.57. The molecule has 4 atom stereocenters. The second-order valence-corrected chi connectivity index (χ2v) is 12.5.